The number of fused-ring (bicyclic) bond motifs is 2. The van der Waals surface area contributed by atoms with Crippen molar-refractivity contribution in [1.82, 2.24) is 20.2 Å². The second kappa shape index (κ2) is 5.17. The summed E-state index contributed by atoms with van der Waals surface area (Å²) in [4.78, 5) is 9.58. The van der Waals surface area contributed by atoms with E-state index in [0.717, 1.165) is 26.3 Å². The van der Waals surface area contributed by atoms with E-state index in [4.69, 9.17) is 5.73 Å². The lowest BCUT2D eigenvalue weighted by atomic mass is 10.00. The van der Waals surface area contributed by atoms with E-state index in [-0.39, 0.29) is 5.82 Å². The SMILES string of the molecule is CSc1n[nH]c2cc(F)c(C)c(-c3ccc4nc(N)sc4n3)c12. The van der Waals surface area contributed by atoms with Crippen LogP contribution in [-0.4, -0.2) is 26.4 Å². The average Bonchev–Trinajstić information content (AvgIpc) is 3.09. The Morgan fingerprint density at radius 3 is 2.91 bits per heavy atom. The van der Waals surface area contributed by atoms with Gasteiger partial charge in [0, 0.05) is 10.9 Å². The Bertz CT molecular complexity index is 1050. The van der Waals surface area contributed by atoms with Gasteiger partial charge in [-0.1, -0.05) is 11.3 Å². The van der Waals surface area contributed by atoms with Crippen molar-refractivity contribution in [1.29, 1.82) is 0 Å². The van der Waals surface area contributed by atoms with Gasteiger partial charge in [0.2, 0.25) is 0 Å². The van der Waals surface area contributed by atoms with E-state index in [1.807, 2.05) is 18.4 Å². The lowest BCUT2D eigenvalue weighted by Gasteiger charge is -2.09. The minimum atomic E-state index is -0.283. The van der Waals surface area contributed by atoms with Crippen LogP contribution in [0.2, 0.25) is 0 Å². The van der Waals surface area contributed by atoms with Gasteiger partial charge in [-0.3, -0.25) is 5.10 Å². The van der Waals surface area contributed by atoms with E-state index in [0.29, 0.717) is 21.9 Å². The summed E-state index contributed by atoms with van der Waals surface area (Å²) < 4.78 is 14.3. The van der Waals surface area contributed by atoms with Gasteiger partial charge in [0.05, 0.1) is 11.2 Å². The minimum absolute atomic E-state index is 0.283. The van der Waals surface area contributed by atoms with Crippen LogP contribution in [0.5, 0.6) is 0 Å². The smallest absolute Gasteiger partial charge is 0.182 e. The molecule has 3 N–H and O–H groups in total. The molecule has 0 aliphatic heterocycles. The van der Waals surface area contributed by atoms with E-state index in [1.54, 1.807) is 6.92 Å². The Hall–Kier alpha value is -2.19. The van der Waals surface area contributed by atoms with Crippen molar-refractivity contribution in [2.45, 2.75) is 11.9 Å². The van der Waals surface area contributed by atoms with Crippen LogP contribution in [-0.2, 0) is 0 Å². The number of nitrogens with two attached hydrogens (primary N) is 1. The number of nitrogens with one attached hydrogen (secondary N) is 1. The molecule has 23 heavy (non-hydrogen) atoms. The van der Waals surface area contributed by atoms with Crippen LogP contribution >= 0.6 is 23.1 Å². The van der Waals surface area contributed by atoms with Crippen LogP contribution in [0.3, 0.4) is 0 Å². The number of benzene rings is 1. The number of thioether (sulfide) groups is 1. The van der Waals surface area contributed by atoms with Crippen molar-refractivity contribution in [2.24, 2.45) is 0 Å². The number of anilines is 1. The number of nitrogen functional groups attached to an aromatic ring is 1. The summed E-state index contributed by atoms with van der Waals surface area (Å²) in [5.74, 6) is -0.283. The highest BCUT2D eigenvalue weighted by molar-refractivity contribution is 7.98. The Balaban J connectivity index is 2.09. The first-order chi connectivity index (χ1) is 11.1. The summed E-state index contributed by atoms with van der Waals surface area (Å²) >= 11 is 2.84. The van der Waals surface area contributed by atoms with Crippen molar-refractivity contribution >= 4 is 49.5 Å². The van der Waals surface area contributed by atoms with E-state index in [1.165, 1.54) is 29.2 Å². The molecular weight excluding hydrogens is 333 g/mol. The van der Waals surface area contributed by atoms with E-state index in [2.05, 4.69) is 20.2 Å². The third-order valence-corrected chi connectivity index (χ3v) is 5.21. The summed E-state index contributed by atoms with van der Waals surface area (Å²) in [5, 5.41) is 9.34. The quantitative estimate of drug-likeness (QED) is 0.537. The Labute approximate surface area is 139 Å². The van der Waals surface area contributed by atoms with Crippen LogP contribution < -0.4 is 5.73 Å². The molecule has 116 valence electrons. The van der Waals surface area contributed by atoms with Crippen molar-refractivity contribution in [3.8, 4) is 11.3 Å². The molecule has 0 atom stereocenters. The second-order valence-corrected chi connectivity index (χ2v) is 6.89. The van der Waals surface area contributed by atoms with E-state index in [9.17, 15) is 4.39 Å². The number of hydrogen-bond acceptors (Lipinski definition) is 6. The normalized spacial score (nSPS) is 11.6. The molecule has 5 nitrogen and oxygen atoms in total. The molecule has 1 aromatic carbocycles. The molecule has 0 aliphatic carbocycles. The Kier molecular flexibility index (Phi) is 3.24. The maximum absolute atomic E-state index is 14.3. The third kappa shape index (κ3) is 2.17. The molecule has 8 heteroatoms. The summed E-state index contributed by atoms with van der Waals surface area (Å²) in [6.45, 7) is 1.76. The van der Waals surface area contributed by atoms with Gasteiger partial charge in [-0.15, -0.1) is 11.8 Å². The summed E-state index contributed by atoms with van der Waals surface area (Å²) in [6, 6.07) is 5.18. The van der Waals surface area contributed by atoms with Crippen LogP contribution in [0.15, 0.2) is 23.2 Å². The zero-order valence-corrected chi connectivity index (χ0v) is 14.0. The number of pyridine rings is 1. The van der Waals surface area contributed by atoms with Crippen LogP contribution in [0.25, 0.3) is 32.5 Å². The predicted molar refractivity (Wildman–Crippen MR) is 93.4 cm³/mol. The molecule has 0 saturated heterocycles. The lowest BCUT2D eigenvalue weighted by molar-refractivity contribution is 0.620. The first-order valence-electron chi connectivity index (χ1n) is 6.83. The van der Waals surface area contributed by atoms with Crippen molar-refractivity contribution in [3.63, 3.8) is 0 Å². The first kappa shape index (κ1) is 14.4. The zero-order valence-electron chi connectivity index (χ0n) is 12.3. The fraction of sp³-hybridized carbons (Fsp3) is 0.133. The van der Waals surface area contributed by atoms with Gasteiger partial charge in [-0.2, -0.15) is 5.10 Å². The average molecular weight is 345 g/mol. The molecule has 0 aliphatic rings. The molecule has 0 amide bonds. The van der Waals surface area contributed by atoms with Crippen molar-refractivity contribution in [2.75, 3.05) is 12.0 Å². The molecule has 3 aromatic heterocycles. The zero-order chi connectivity index (χ0) is 16.1. The maximum Gasteiger partial charge on any atom is 0.182 e. The monoisotopic (exact) mass is 345 g/mol. The first-order valence-corrected chi connectivity index (χ1v) is 8.87. The number of aromatic amines is 1. The van der Waals surface area contributed by atoms with Crippen LogP contribution in [0.1, 0.15) is 5.56 Å². The predicted octanol–water partition coefficient (Wildman–Crippen LogP) is 3.99. The molecule has 0 fully saturated rings. The molecule has 0 unspecified atom stereocenters. The lowest BCUT2D eigenvalue weighted by Crippen LogP contribution is -1.93. The van der Waals surface area contributed by atoms with Gasteiger partial charge in [-0.25, -0.2) is 14.4 Å². The minimum Gasteiger partial charge on any atom is -0.375 e. The highest BCUT2D eigenvalue weighted by Crippen LogP contribution is 2.37. The number of halogens is 1. The van der Waals surface area contributed by atoms with Crippen LogP contribution in [0, 0.1) is 12.7 Å². The third-order valence-electron chi connectivity index (χ3n) is 3.74. The summed E-state index contributed by atoms with van der Waals surface area (Å²) in [7, 11) is 0. The van der Waals surface area contributed by atoms with Gasteiger partial charge in [0.15, 0.2) is 5.13 Å². The number of rotatable bonds is 2. The Morgan fingerprint density at radius 2 is 2.13 bits per heavy atom. The van der Waals surface area contributed by atoms with Crippen molar-refractivity contribution < 1.29 is 4.39 Å². The standard InChI is InChI=1S/C15H12FN5S2/c1-6-7(16)5-10-12(14(22-2)21-20-10)11(6)8-3-4-9-13(18-8)23-15(17)19-9/h3-5H,1-2H3,(H2,17,19)(H,20,21). The molecule has 4 aromatic rings. The molecule has 4 rings (SSSR count). The summed E-state index contributed by atoms with van der Waals surface area (Å²) in [5.41, 5.74) is 9.16. The molecule has 0 saturated carbocycles. The molecule has 0 radical (unpaired) electrons. The van der Waals surface area contributed by atoms with Gasteiger partial charge in [0.25, 0.3) is 0 Å². The number of nitrogens with zero attached hydrogens (tertiary/aromatic N) is 3. The van der Waals surface area contributed by atoms with Crippen LogP contribution in [0.4, 0.5) is 9.52 Å². The second-order valence-electron chi connectivity index (χ2n) is 5.09. The summed E-state index contributed by atoms with van der Waals surface area (Å²) in [6.07, 6.45) is 1.94. The largest absolute Gasteiger partial charge is 0.375 e. The number of aromatic nitrogens is 4. The van der Waals surface area contributed by atoms with E-state index < -0.39 is 0 Å². The van der Waals surface area contributed by atoms with Crippen molar-refractivity contribution in [3.05, 3.63) is 29.6 Å². The highest BCUT2D eigenvalue weighted by atomic mass is 32.2. The van der Waals surface area contributed by atoms with E-state index >= 15 is 0 Å². The maximum atomic E-state index is 14.3. The molecule has 0 bridgehead atoms. The molecule has 0 spiro atoms. The highest BCUT2D eigenvalue weighted by Gasteiger charge is 2.19. The number of H-pyrrole nitrogens is 1. The topological polar surface area (TPSA) is 80.5 Å². The van der Waals surface area contributed by atoms with Gasteiger partial charge < -0.3 is 5.73 Å². The fourth-order valence-corrected chi connectivity index (χ4v) is 3.92. The van der Waals surface area contributed by atoms with Gasteiger partial charge in [-0.05, 0) is 36.9 Å². The Morgan fingerprint density at radius 1 is 1.30 bits per heavy atom. The number of thiazole rings is 1. The molecular formula is C15H12FN5S2. The fourth-order valence-electron chi connectivity index (χ4n) is 2.67. The number of hydrogen-bond donors (Lipinski definition) is 2. The van der Waals surface area contributed by atoms with Gasteiger partial charge >= 0.3 is 0 Å². The van der Waals surface area contributed by atoms with Gasteiger partial charge in [0.1, 0.15) is 21.2 Å². The molecule has 3 heterocycles.